The van der Waals surface area contributed by atoms with Gasteiger partial charge in [0.2, 0.25) is 11.8 Å². The first-order valence-electron chi connectivity index (χ1n) is 7.97. The molecule has 0 spiro atoms. The molecule has 0 heterocycles. The number of rotatable bonds is 7. The molecule has 0 fully saturated rings. The third-order valence-corrected chi connectivity index (χ3v) is 3.89. The standard InChI is InChI=1S/C19H21ClN2O2/c1-2-15-5-3-4-6-17(15)22-19(24)13-18(23)21-12-11-14-7-9-16(20)10-8-14/h3-10H,2,11-13H2,1H3,(H,21,23)(H,22,24). The van der Waals surface area contributed by atoms with Gasteiger partial charge >= 0.3 is 0 Å². The largest absolute Gasteiger partial charge is 0.355 e. The third-order valence-electron chi connectivity index (χ3n) is 3.64. The minimum atomic E-state index is -0.306. The summed E-state index contributed by atoms with van der Waals surface area (Å²) in [5.41, 5.74) is 2.90. The Bertz CT molecular complexity index is 699. The highest BCUT2D eigenvalue weighted by molar-refractivity contribution is 6.30. The Balaban J connectivity index is 1.75. The molecule has 0 aromatic heterocycles. The Morgan fingerprint density at radius 3 is 2.42 bits per heavy atom. The fraction of sp³-hybridized carbons (Fsp3) is 0.263. The van der Waals surface area contributed by atoms with Crippen molar-refractivity contribution in [1.29, 1.82) is 0 Å². The SMILES string of the molecule is CCc1ccccc1NC(=O)CC(=O)NCCc1ccc(Cl)cc1. The molecule has 5 heteroatoms. The number of carbonyl (C=O) groups is 2. The predicted molar refractivity (Wildman–Crippen MR) is 97.2 cm³/mol. The van der Waals surface area contributed by atoms with E-state index in [0.29, 0.717) is 18.0 Å². The monoisotopic (exact) mass is 344 g/mol. The Hall–Kier alpha value is -2.33. The van der Waals surface area contributed by atoms with Gasteiger partial charge in [-0.15, -0.1) is 0 Å². The van der Waals surface area contributed by atoms with Crippen LogP contribution in [0.3, 0.4) is 0 Å². The number of hydrogen-bond acceptors (Lipinski definition) is 2. The number of halogens is 1. The van der Waals surface area contributed by atoms with Gasteiger partial charge in [-0.2, -0.15) is 0 Å². The van der Waals surface area contributed by atoms with Crippen LogP contribution in [0.5, 0.6) is 0 Å². The highest BCUT2D eigenvalue weighted by atomic mass is 35.5. The number of hydrogen-bond donors (Lipinski definition) is 2. The van der Waals surface area contributed by atoms with Gasteiger partial charge in [-0.1, -0.05) is 48.9 Å². The van der Waals surface area contributed by atoms with Crippen LogP contribution < -0.4 is 10.6 Å². The fourth-order valence-corrected chi connectivity index (χ4v) is 2.48. The number of aryl methyl sites for hydroxylation is 1. The van der Waals surface area contributed by atoms with Crippen LogP contribution in [0, 0.1) is 0 Å². The molecular formula is C19H21ClN2O2. The van der Waals surface area contributed by atoms with Gasteiger partial charge in [0, 0.05) is 17.3 Å². The first kappa shape index (κ1) is 18.0. The number of benzene rings is 2. The molecule has 0 saturated carbocycles. The number of para-hydroxylation sites is 1. The predicted octanol–water partition coefficient (Wildman–Crippen LogP) is 3.59. The van der Waals surface area contributed by atoms with Gasteiger partial charge in [-0.05, 0) is 42.2 Å². The molecule has 4 nitrogen and oxygen atoms in total. The molecular weight excluding hydrogens is 324 g/mol. The van der Waals surface area contributed by atoms with Crippen molar-refractivity contribution in [3.63, 3.8) is 0 Å². The van der Waals surface area contributed by atoms with Crippen LogP contribution in [-0.4, -0.2) is 18.4 Å². The van der Waals surface area contributed by atoms with E-state index in [1.807, 2.05) is 55.5 Å². The van der Waals surface area contributed by atoms with E-state index < -0.39 is 0 Å². The zero-order valence-electron chi connectivity index (χ0n) is 13.6. The van der Waals surface area contributed by atoms with Crippen molar-refractivity contribution >= 4 is 29.1 Å². The second-order valence-corrected chi connectivity index (χ2v) is 5.90. The van der Waals surface area contributed by atoms with Crippen molar-refractivity contribution in [3.05, 3.63) is 64.7 Å². The van der Waals surface area contributed by atoms with Crippen LogP contribution >= 0.6 is 11.6 Å². The molecule has 0 aliphatic rings. The van der Waals surface area contributed by atoms with Crippen molar-refractivity contribution in [2.45, 2.75) is 26.2 Å². The summed E-state index contributed by atoms with van der Waals surface area (Å²) in [5, 5.41) is 6.24. The maximum absolute atomic E-state index is 12.0. The van der Waals surface area contributed by atoms with Crippen LogP contribution in [0.25, 0.3) is 0 Å². The molecule has 0 aliphatic carbocycles. The molecule has 126 valence electrons. The normalized spacial score (nSPS) is 10.2. The molecule has 0 aliphatic heterocycles. The summed E-state index contributed by atoms with van der Waals surface area (Å²) in [7, 11) is 0. The summed E-state index contributed by atoms with van der Waals surface area (Å²) in [5.74, 6) is -0.588. The van der Waals surface area contributed by atoms with Crippen LogP contribution in [-0.2, 0) is 22.4 Å². The molecule has 0 bridgehead atoms. The summed E-state index contributed by atoms with van der Waals surface area (Å²) in [6, 6.07) is 15.1. The topological polar surface area (TPSA) is 58.2 Å². The molecule has 2 amide bonds. The Kier molecular flexibility index (Phi) is 6.82. The smallest absolute Gasteiger partial charge is 0.233 e. The van der Waals surface area contributed by atoms with E-state index in [0.717, 1.165) is 23.2 Å². The van der Waals surface area contributed by atoms with E-state index in [1.54, 1.807) is 0 Å². The quantitative estimate of drug-likeness (QED) is 0.754. The van der Waals surface area contributed by atoms with Crippen molar-refractivity contribution < 1.29 is 9.59 Å². The van der Waals surface area contributed by atoms with E-state index in [2.05, 4.69) is 10.6 Å². The Morgan fingerprint density at radius 1 is 1.00 bits per heavy atom. The first-order chi connectivity index (χ1) is 11.6. The van der Waals surface area contributed by atoms with Crippen LogP contribution in [0.1, 0.15) is 24.5 Å². The molecule has 0 saturated heterocycles. The zero-order valence-corrected chi connectivity index (χ0v) is 14.4. The number of amides is 2. The zero-order chi connectivity index (χ0) is 17.4. The van der Waals surface area contributed by atoms with E-state index in [9.17, 15) is 9.59 Å². The molecule has 0 unspecified atom stereocenters. The van der Waals surface area contributed by atoms with Crippen molar-refractivity contribution in [1.82, 2.24) is 5.32 Å². The lowest BCUT2D eigenvalue weighted by molar-refractivity contribution is -0.126. The maximum atomic E-state index is 12.0. The fourth-order valence-electron chi connectivity index (χ4n) is 2.35. The molecule has 2 rings (SSSR count). The lowest BCUT2D eigenvalue weighted by Gasteiger charge is -2.10. The van der Waals surface area contributed by atoms with Gasteiger partial charge in [0.15, 0.2) is 0 Å². The van der Waals surface area contributed by atoms with Crippen molar-refractivity contribution in [3.8, 4) is 0 Å². The van der Waals surface area contributed by atoms with Gasteiger partial charge < -0.3 is 10.6 Å². The first-order valence-corrected chi connectivity index (χ1v) is 8.35. The van der Waals surface area contributed by atoms with Crippen molar-refractivity contribution in [2.75, 3.05) is 11.9 Å². The lowest BCUT2D eigenvalue weighted by atomic mass is 10.1. The average Bonchev–Trinajstić information content (AvgIpc) is 2.57. The van der Waals surface area contributed by atoms with Crippen LogP contribution in [0.4, 0.5) is 5.69 Å². The molecule has 2 aromatic rings. The average molecular weight is 345 g/mol. The highest BCUT2D eigenvalue weighted by Crippen LogP contribution is 2.15. The molecule has 0 radical (unpaired) electrons. The van der Waals surface area contributed by atoms with Crippen molar-refractivity contribution in [2.24, 2.45) is 0 Å². The van der Waals surface area contributed by atoms with E-state index >= 15 is 0 Å². The molecule has 2 aromatic carbocycles. The summed E-state index contributed by atoms with van der Waals surface area (Å²) in [6.45, 7) is 2.51. The minimum absolute atomic E-state index is 0.182. The Labute approximate surface area is 147 Å². The number of nitrogens with one attached hydrogen (secondary N) is 2. The lowest BCUT2D eigenvalue weighted by Crippen LogP contribution is -2.29. The summed E-state index contributed by atoms with van der Waals surface area (Å²) < 4.78 is 0. The Morgan fingerprint density at radius 2 is 1.71 bits per heavy atom. The van der Waals surface area contributed by atoms with Gasteiger partial charge in [0.05, 0.1) is 0 Å². The maximum Gasteiger partial charge on any atom is 0.233 e. The second-order valence-electron chi connectivity index (χ2n) is 5.46. The van der Waals surface area contributed by atoms with E-state index in [1.165, 1.54) is 0 Å². The second kappa shape index (κ2) is 9.08. The van der Waals surface area contributed by atoms with Gasteiger partial charge in [-0.3, -0.25) is 9.59 Å². The number of carbonyl (C=O) groups excluding carboxylic acids is 2. The van der Waals surface area contributed by atoms with Crippen LogP contribution in [0.2, 0.25) is 5.02 Å². The third kappa shape index (κ3) is 5.70. The van der Waals surface area contributed by atoms with Gasteiger partial charge in [0.25, 0.3) is 0 Å². The molecule has 0 atom stereocenters. The van der Waals surface area contributed by atoms with Crippen LogP contribution in [0.15, 0.2) is 48.5 Å². The molecule has 2 N–H and O–H groups in total. The summed E-state index contributed by atoms with van der Waals surface area (Å²) in [6.07, 6.45) is 1.34. The summed E-state index contributed by atoms with van der Waals surface area (Å²) >= 11 is 5.83. The minimum Gasteiger partial charge on any atom is -0.355 e. The van der Waals surface area contributed by atoms with E-state index in [4.69, 9.17) is 11.6 Å². The highest BCUT2D eigenvalue weighted by Gasteiger charge is 2.10. The van der Waals surface area contributed by atoms with Gasteiger partial charge in [-0.25, -0.2) is 0 Å². The number of anilines is 1. The summed E-state index contributed by atoms with van der Waals surface area (Å²) in [4.78, 5) is 23.8. The van der Waals surface area contributed by atoms with Gasteiger partial charge in [0.1, 0.15) is 6.42 Å². The molecule has 24 heavy (non-hydrogen) atoms. The van der Waals surface area contributed by atoms with E-state index in [-0.39, 0.29) is 18.2 Å².